The Morgan fingerprint density at radius 2 is 1.95 bits per heavy atom. The molecule has 0 aromatic heterocycles. The molecule has 1 aromatic rings. The van der Waals surface area contributed by atoms with Gasteiger partial charge in [0.2, 0.25) is 6.20 Å². The Kier molecular flexibility index (Phi) is 6.81. The van der Waals surface area contributed by atoms with Gasteiger partial charge in [-0.25, -0.2) is 0 Å². The van der Waals surface area contributed by atoms with Gasteiger partial charge >= 0.3 is 5.97 Å². The topological polar surface area (TPSA) is 89.7 Å². The van der Waals surface area contributed by atoms with Gasteiger partial charge in [-0.3, -0.25) is 14.9 Å². The zero-order valence-corrected chi connectivity index (χ0v) is 11.0. The number of nitrogens with zero attached hydrogens (tertiary/aromatic N) is 1. The lowest BCUT2D eigenvalue weighted by Gasteiger charge is -2.05. The minimum Gasteiger partial charge on any atom is -0.494 e. The Bertz CT molecular complexity index is 467. The Morgan fingerprint density at radius 1 is 1.25 bits per heavy atom. The number of unbranched alkanes of at least 4 members (excludes halogenated alkanes) is 2. The van der Waals surface area contributed by atoms with E-state index in [9.17, 15) is 14.9 Å². The highest BCUT2D eigenvalue weighted by atomic mass is 16.6. The summed E-state index contributed by atoms with van der Waals surface area (Å²) >= 11 is 0. The number of carbonyl (C=O) groups is 1. The smallest absolute Gasteiger partial charge is 0.303 e. The molecule has 6 heteroatoms. The van der Waals surface area contributed by atoms with E-state index in [1.54, 1.807) is 24.3 Å². The van der Waals surface area contributed by atoms with Gasteiger partial charge in [-0.1, -0.05) is 12.1 Å². The summed E-state index contributed by atoms with van der Waals surface area (Å²) in [5.41, 5.74) is 0.732. The molecule has 1 aromatic carbocycles. The standard InChI is InChI=1S/C14H17NO5/c16-14(17)4-2-1-3-11-20-13-7-5-12(6-8-13)9-10-15(18)19/h5-10H,1-4,11H2,(H,16,17). The third kappa shape index (κ3) is 7.15. The van der Waals surface area contributed by atoms with E-state index in [0.29, 0.717) is 18.8 Å². The lowest BCUT2D eigenvalue weighted by Crippen LogP contribution is -1.99. The van der Waals surface area contributed by atoms with Crippen LogP contribution in [0.3, 0.4) is 0 Å². The number of carboxylic acid groups (broad SMARTS) is 1. The van der Waals surface area contributed by atoms with Crippen molar-refractivity contribution in [2.45, 2.75) is 25.7 Å². The van der Waals surface area contributed by atoms with Crippen molar-refractivity contribution in [1.29, 1.82) is 0 Å². The Balaban J connectivity index is 2.24. The second-order valence-electron chi connectivity index (χ2n) is 4.22. The molecule has 0 heterocycles. The van der Waals surface area contributed by atoms with E-state index in [-0.39, 0.29) is 6.42 Å². The largest absolute Gasteiger partial charge is 0.494 e. The number of aliphatic carboxylic acids is 1. The third-order valence-electron chi connectivity index (χ3n) is 2.57. The first kappa shape index (κ1) is 15.7. The van der Waals surface area contributed by atoms with Crippen LogP contribution in [0.4, 0.5) is 0 Å². The van der Waals surface area contributed by atoms with E-state index in [4.69, 9.17) is 9.84 Å². The molecule has 0 amide bonds. The van der Waals surface area contributed by atoms with Crippen LogP contribution in [0.5, 0.6) is 5.75 Å². The predicted octanol–water partition coefficient (Wildman–Crippen LogP) is 2.96. The highest BCUT2D eigenvalue weighted by Gasteiger charge is 1.98. The number of benzene rings is 1. The maximum atomic E-state index is 10.3. The van der Waals surface area contributed by atoms with Crippen LogP contribution in [0.2, 0.25) is 0 Å². The molecule has 0 aliphatic rings. The van der Waals surface area contributed by atoms with Gasteiger partial charge in [0.25, 0.3) is 0 Å². The lowest BCUT2D eigenvalue weighted by atomic mass is 10.2. The van der Waals surface area contributed by atoms with Gasteiger partial charge < -0.3 is 9.84 Å². The summed E-state index contributed by atoms with van der Waals surface area (Å²) in [7, 11) is 0. The molecule has 6 nitrogen and oxygen atoms in total. The molecule has 0 saturated carbocycles. The molecule has 0 bridgehead atoms. The molecule has 20 heavy (non-hydrogen) atoms. The Hall–Kier alpha value is -2.37. The van der Waals surface area contributed by atoms with Crippen molar-refractivity contribution < 1.29 is 19.6 Å². The first-order valence-electron chi connectivity index (χ1n) is 6.34. The number of ether oxygens (including phenoxy) is 1. The molecule has 108 valence electrons. The van der Waals surface area contributed by atoms with Crippen molar-refractivity contribution in [3.8, 4) is 5.75 Å². The van der Waals surface area contributed by atoms with Gasteiger partial charge in [-0.2, -0.15) is 0 Å². The van der Waals surface area contributed by atoms with Crippen molar-refractivity contribution in [1.82, 2.24) is 0 Å². The van der Waals surface area contributed by atoms with E-state index in [1.165, 1.54) is 6.08 Å². The highest BCUT2D eigenvalue weighted by molar-refractivity contribution is 5.66. The van der Waals surface area contributed by atoms with Crippen molar-refractivity contribution in [3.05, 3.63) is 46.1 Å². The average Bonchev–Trinajstić information content (AvgIpc) is 2.41. The van der Waals surface area contributed by atoms with Crippen molar-refractivity contribution in [2.24, 2.45) is 0 Å². The molecule has 0 radical (unpaired) electrons. The maximum Gasteiger partial charge on any atom is 0.303 e. The fourth-order valence-electron chi connectivity index (χ4n) is 1.57. The van der Waals surface area contributed by atoms with Gasteiger partial charge in [0.15, 0.2) is 0 Å². The maximum absolute atomic E-state index is 10.3. The van der Waals surface area contributed by atoms with Crippen LogP contribution in [0.15, 0.2) is 30.5 Å². The summed E-state index contributed by atoms with van der Waals surface area (Å²) < 4.78 is 5.49. The monoisotopic (exact) mass is 279 g/mol. The summed E-state index contributed by atoms with van der Waals surface area (Å²) in [6.07, 6.45) is 4.76. The summed E-state index contributed by atoms with van der Waals surface area (Å²) in [6.45, 7) is 0.531. The third-order valence-corrected chi connectivity index (χ3v) is 2.57. The normalized spacial score (nSPS) is 10.6. The highest BCUT2D eigenvalue weighted by Crippen LogP contribution is 2.14. The zero-order chi connectivity index (χ0) is 14.8. The number of hydrogen-bond donors (Lipinski definition) is 1. The van der Waals surface area contributed by atoms with Gasteiger partial charge in [-0.15, -0.1) is 0 Å². The zero-order valence-electron chi connectivity index (χ0n) is 11.0. The van der Waals surface area contributed by atoms with Gasteiger partial charge in [0, 0.05) is 12.5 Å². The minimum atomic E-state index is -0.774. The SMILES string of the molecule is O=C(O)CCCCCOc1ccc(C=C[N+](=O)[O-])cc1. The van der Waals surface area contributed by atoms with Gasteiger partial charge in [0.1, 0.15) is 5.75 Å². The molecule has 0 fully saturated rings. The second-order valence-corrected chi connectivity index (χ2v) is 4.22. The number of hydrogen-bond acceptors (Lipinski definition) is 4. The fourth-order valence-corrected chi connectivity index (χ4v) is 1.57. The van der Waals surface area contributed by atoms with Crippen LogP contribution >= 0.6 is 0 Å². The molecule has 1 rings (SSSR count). The van der Waals surface area contributed by atoms with E-state index in [2.05, 4.69) is 0 Å². The summed E-state index contributed by atoms with van der Waals surface area (Å²) in [5.74, 6) is -0.0780. The average molecular weight is 279 g/mol. The predicted molar refractivity (Wildman–Crippen MR) is 74.1 cm³/mol. The van der Waals surface area contributed by atoms with Crippen molar-refractivity contribution >= 4 is 12.0 Å². The number of nitro groups is 1. The van der Waals surface area contributed by atoms with Gasteiger partial charge in [0.05, 0.1) is 11.5 Å². The fraction of sp³-hybridized carbons (Fsp3) is 0.357. The van der Waals surface area contributed by atoms with Crippen LogP contribution in [-0.2, 0) is 4.79 Å². The first-order chi connectivity index (χ1) is 9.58. The Morgan fingerprint density at radius 3 is 2.55 bits per heavy atom. The Labute approximate surface area is 116 Å². The quantitative estimate of drug-likeness (QED) is 0.426. The molecule has 0 unspecified atom stereocenters. The van der Waals surface area contributed by atoms with E-state index < -0.39 is 10.9 Å². The van der Waals surface area contributed by atoms with Crippen LogP contribution in [0.1, 0.15) is 31.2 Å². The van der Waals surface area contributed by atoms with E-state index in [1.807, 2.05) is 0 Å². The minimum absolute atomic E-state index is 0.192. The molecular weight excluding hydrogens is 262 g/mol. The number of carboxylic acids is 1. The molecule has 0 spiro atoms. The molecular formula is C14H17NO5. The lowest BCUT2D eigenvalue weighted by molar-refractivity contribution is -0.400. The first-order valence-corrected chi connectivity index (χ1v) is 6.34. The summed E-state index contributed by atoms with van der Waals surface area (Å²) in [5, 5.41) is 18.6. The van der Waals surface area contributed by atoms with Crippen molar-refractivity contribution in [3.63, 3.8) is 0 Å². The second kappa shape index (κ2) is 8.68. The van der Waals surface area contributed by atoms with Crippen LogP contribution < -0.4 is 4.74 Å². The molecule has 0 aliphatic carbocycles. The summed E-state index contributed by atoms with van der Waals surface area (Å²) in [6, 6.07) is 6.97. The molecule has 0 atom stereocenters. The number of rotatable bonds is 9. The van der Waals surface area contributed by atoms with Gasteiger partial charge in [-0.05, 0) is 37.0 Å². The molecule has 0 saturated heterocycles. The van der Waals surface area contributed by atoms with Crippen molar-refractivity contribution in [2.75, 3.05) is 6.61 Å². The van der Waals surface area contributed by atoms with Crippen LogP contribution in [-0.4, -0.2) is 22.6 Å². The van der Waals surface area contributed by atoms with Crippen LogP contribution in [0, 0.1) is 10.1 Å². The molecule has 0 aliphatic heterocycles. The summed E-state index contributed by atoms with van der Waals surface area (Å²) in [4.78, 5) is 20.0. The van der Waals surface area contributed by atoms with Crippen LogP contribution in [0.25, 0.3) is 6.08 Å². The van der Waals surface area contributed by atoms with E-state index >= 15 is 0 Å². The molecule has 1 N–H and O–H groups in total. The van der Waals surface area contributed by atoms with E-state index in [0.717, 1.165) is 24.6 Å².